The molecule has 5 heterocycles. The number of hydrogen-bond donors (Lipinski definition) is 6. The maximum atomic E-state index is 6.17. The van der Waals surface area contributed by atoms with E-state index < -0.39 is 0 Å². The van der Waals surface area contributed by atoms with Gasteiger partial charge >= 0.3 is 0 Å². The predicted molar refractivity (Wildman–Crippen MR) is 201 cm³/mol. The molecule has 0 spiro atoms. The molecule has 1 aromatic carbocycles. The third kappa shape index (κ3) is 10.3. The van der Waals surface area contributed by atoms with E-state index in [4.69, 9.17) is 15.5 Å². The zero-order chi connectivity index (χ0) is 34.1. The number of ether oxygens (including phenoxy) is 1. The summed E-state index contributed by atoms with van der Waals surface area (Å²) in [7, 11) is 3.00. The Hall–Kier alpha value is -3.33. The molecule has 11 nitrogen and oxygen atoms in total. The van der Waals surface area contributed by atoms with E-state index in [1.165, 1.54) is 31.5 Å². The van der Waals surface area contributed by atoms with Crippen molar-refractivity contribution < 1.29 is 4.74 Å². The fraction of sp³-hybridized carbons (Fsp3) is 0.424. The van der Waals surface area contributed by atoms with Gasteiger partial charge in [0.25, 0.3) is 0 Å². The van der Waals surface area contributed by atoms with Crippen LogP contribution in [0.25, 0.3) is 0 Å². The van der Waals surface area contributed by atoms with Crippen LogP contribution in [0.1, 0.15) is 31.7 Å². The lowest BCUT2D eigenvalue weighted by atomic mass is 9.85. The van der Waals surface area contributed by atoms with Gasteiger partial charge in [-0.3, -0.25) is 5.32 Å². The van der Waals surface area contributed by atoms with Crippen molar-refractivity contribution in [1.29, 1.82) is 0 Å². The minimum atomic E-state index is -0.183. The third-order valence-electron chi connectivity index (χ3n) is 7.34. The predicted octanol–water partition coefficient (Wildman–Crippen LogP) is 4.82. The average Bonchev–Trinajstić information content (AvgIpc) is 3.74. The van der Waals surface area contributed by atoms with Gasteiger partial charge in [-0.05, 0) is 89.3 Å². The number of nitrogens with one attached hydrogen (secondary N) is 2. The van der Waals surface area contributed by atoms with Gasteiger partial charge < -0.3 is 37.1 Å². The lowest BCUT2D eigenvalue weighted by Gasteiger charge is -2.40. The molecule has 2 fully saturated rings. The fourth-order valence-electron chi connectivity index (χ4n) is 5.32. The minimum absolute atomic E-state index is 0.183. The quantitative estimate of drug-likeness (QED) is 0.158. The van der Waals surface area contributed by atoms with Crippen LogP contribution in [0.4, 0.5) is 29.0 Å². The number of nitrogens with zero attached hydrogens (tertiary/aromatic N) is 5. The zero-order valence-electron chi connectivity index (χ0n) is 28.0. The van der Waals surface area contributed by atoms with Gasteiger partial charge in [0, 0.05) is 54.4 Å². The number of thioether (sulfide) groups is 1. The van der Waals surface area contributed by atoms with Crippen molar-refractivity contribution in [3.63, 3.8) is 0 Å². The van der Waals surface area contributed by atoms with E-state index in [2.05, 4.69) is 105 Å². The molecule has 3 aliphatic heterocycles. The number of rotatable bonds is 6. The van der Waals surface area contributed by atoms with Crippen LogP contribution >= 0.6 is 24.4 Å². The lowest BCUT2D eigenvalue weighted by molar-refractivity contribution is -0.0658. The van der Waals surface area contributed by atoms with Gasteiger partial charge in [0.2, 0.25) is 5.95 Å². The van der Waals surface area contributed by atoms with Crippen LogP contribution in [0.15, 0.2) is 78.6 Å². The average molecular weight is 669 g/mol. The highest BCUT2D eigenvalue weighted by Gasteiger charge is 2.47. The summed E-state index contributed by atoms with van der Waals surface area (Å²) in [6, 6.07) is 14.7. The largest absolute Gasteiger partial charge is 0.394 e. The number of nitrogens with two attached hydrogens (primary N) is 3. The summed E-state index contributed by atoms with van der Waals surface area (Å²) < 4.78 is 6.17. The molecule has 252 valence electrons. The van der Waals surface area contributed by atoms with Gasteiger partial charge in [0.1, 0.15) is 11.6 Å². The SMILES string of the molecule is C=C/C=C(\N)SC.CC1(C)CC2C(CO1)c1cnc(Nc3ccc(N4CCNC4)cc3)nc1N2c1ccccn1.CN.CN.CS. The van der Waals surface area contributed by atoms with Crippen LogP contribution in [0.3, 0.4) is 0 Å². The second kappa shape index (κ2) is 20.0. The van der Waals surface area contributed by atoms with Crippen LogP contribution in [-0.4, -0.2) is 79.6 Å². The first-order valence-electron chi connectivity index (χ1n) is 15.1. The number of fused-ring (bicyclic) bond motifs is 3. The third-order valence-corrected chi connectivity index (χ3v) is 7.95. The lowest BCUT2D eigenvalue weighted by Crippen LogP contribution is -2.45. The molecular formula is C33H52N10OS2. The van der Waals surface area contributed by atoms with Crippen molar-refractivity contribution in [2.24, 2.45) is 17.2 Å². The normalized spacial score (nSPS) is 18.8. The summed E-state index contributed by atoms with van der Waals surface area (Å²) in [6.45, 7) is 11.4. The molecule has 0 aliphatic carbocycles. The molecule has 0 radical (unpaired) electrons. The van der Waals surface area contributed by atoms with E-state index >= 15 is 0 Å². The Labute approximate surface area is 284 Å². The van der Waals surface area contributed by atoms with Crippen LogP contribution in [-0.2, 0) is 4.74 Å². The van der Waals surface area contributed by atoms with Crippen molar-refractivity contribution in [2.45, 2.75) is 37.8 Å². The Balaban J connectivity index is 0.000000493. The first-order valence-corrected chi connectivity index (χ1v) is 17.3. The summed E-state index contributed by atoms with van der Waals surface area (Å²) in [5.41, 5.74) is 17.5. The first-order chi connectivity index (χ1) is 22.4. The molecule has 2 saturated heterocycles. The maximum absolute atomic E-state index is 6.17. The molecule has 8 N–H and O–H groups in total. The Kier molecular flexibility index (Phi) is 16.9. The van der Waals surface area contributed by atoms with Crippen LogP contribution in [0, 0.1) is 0 Å². The molecule has 0 amide bonds. The Morgan fingerprint density at radius 3 is 2.41 bits per heavy atom. The van der Waals surface area contributed by atoms with E-state index in [-0.39, 0.29) is 17.6 Å². The Bertz CT molecular complexity index is 1340. The van der Waals surface area contributed by atoms with Gasteiger partial charge in [-0.1, -0.05) is 18.7 Å². The monoisotopic (exact) mass is 668 g/mol. The van der Waals surface area contributed by atoms with E-state index in [0.29, 0.717) is 12.6 Å². The molecule has 0 bridgehead atoms. The number of hydrogen-bond acceptors (Lipinski definition) is 13. The number of aromatic nitrogens is 3. The highest BCUT2D eigenvalue weighted by atomic mass is 32.2. The highest BCUT2D eigenvalue weighted by Crippen LogP contribution is 2.49. The molecule has 13 heteroatoms. The number of thiol groups is 1. The van der Waals surface area contributed by atoms with Gasteiger partial charge in [-0.25, -0.2) is 9.97 Å². The van der Waals surface area contributed by atoms with Crippen LogP contribution < -0.4 is 37.6 Å². The maximum Gasteiger partial charge on any atom is 0.229 e. The molecular weight excluding hydrogens is 617 g/mol. The van der Waals surface area contributed by atoms with Crippen molar-refractivity contribution in [3.8, 4) is 0 Å². The van der Waals surface area contributed by atoms with Crippen molar-refractivity contribution in [1.82, 2.24) is 20.3 Å². The molecule has 46 heavy (non-hydrogen) atoms. The van der Waals surface area contributed by atoms with Gasteiger partial charge in [-0.2, -0.15) is 17.6 Å². The van der Waals surface area contributed by atoms with E-state index in [0.717, 1.165) is 54.1 Å². The Morgan fingerprint density at radius 2 is 1.85 bits per heavy atom. The van der Waals surface area contributed by atoms with Gasteiger partial charge in [-0.15, -0.1) is 11.8 Å². The van der Waals surface area contributed by atoms with Gasteiger partial charge in [0.05, 0.1) is 23.9 Å². The summed E-state index contributed by atoms with van der Waals surface area (Å²) in [4.78, 5) is 18.9. The van der Waals surface area contributed by atoms with Crippen molar-refractivity contribution in [2.75, 3.05) is 68.1 Å². The number of allylic oxidation sites excluding steroid dienone is 2. The summed E-state index contributed by atoms with van der Waals surface area (Å²) in [5, 5.41) is 7.55. The van der Waals surface area contributed by atoms with E-state index in [1.54, 1.807) is 18.4 Å². The molecule has 0 saturated carbocycles. The minimum Gasteiger partial charge on any atom is -0.394 e. The zero-order valence-corrected chi connectivity index (χ0v) is 29.7. The van der Waals surface area contributed by atoms with Crippen molar-refractivity contribution >= 4 is 53.3 Å². The smallest absolute Gasteiger partial charge is 0.229 e. The van der Waals surface area contributed by atoms with Crippen LogP contribution in [0.2, 0.25) is 0 Å². The van der Waals surface area contributed by atoms with Crippen molar-refractivity contribution in [3.05, 3.63) is 84.2 Å². The topological polar surface area (TPSA) is 156 Å². The second-order valence-corrected chi connectivity index (χ2v) is 11.5. The molecule has 6 rings (SSSR count). The first kappa shape index (κ1) is 38.9. The highest BCUT2D eigenvalue weighted by molar-refractivity contribution is 8.02. The van der Waals surface area contributed by atoms with Gasteiger partial charge in [0.15, 0.2) is 0 Å². The molecule has 2 unspecified atom stereocenters. The molecule has 3 aliphatic rings. The fourth-order valence-corrected chi connectivity index (χ4v) is 5.56. The Morgan fingerprint density at radius 1 is 1.13 bits per heavy atom. The van der Waals surface area contributed by atoms with Crippen LogP contribution in [0.5, 0.6) is 0 Å². The number of benzene rings is 1. The summed E-state index contributed by atoms with van der Waals surface area (Å²) in [5.74, 6) is 2.65. The summed E-state index contributed by atoms with van der Waals surface area (Å²) >= 11 is 5.04. The molecule has 3 aromatic rings. The molecule has 2 atom stereocenters. The number of anilines is 5. The molecule has 2 aromatic heterocycles. The summed E-state index contributed by atoms with van der Waals surface area (Å²) in [6.07, 6.45) is 11.8. The van der Waals surface area contributed by atoms with E-state index in [1.807, 2.05) is 30.8 Å². The standard InChI is InChI=1S/C25H29N7O.C5H9NS.2CH5N.CH4S/c1-25(2)13-21-20(15-33-25)19-14-28-24(30-23(19)32(21)22-5-3-4-10-27-22)29-17-6-8-18(9-7-17)31-12-11-26-16-31;1-3-4-5(6)7-2;3*1-2/h3-10,14,20-21,26H,11-13,15-16H2,1-2H3,(H,28,29,30);3-4H,1,6H2,2H3;2*2H2,1H3;2H,1H3/b;5-4+;;;. The number of pyridine rings is 1. The van der Waals surface area contributed by atoms with E-state index in [9.17, 15) is 0 Å². The second-order valence-electron chi connectivity index (χ2n) is 10.6.